The Balaban J connectivity index is 1.22. The highest BCUT2D eigenvalue weighted by atomic mass is 19.4. The summed E-state index contributed by atoms with van der Waals surface area (Å²) >= 11 is 0. The number of carbonyl (C=O) groups excluding carboxylic acids is 3. The maximum atomic E-state index is 13.8. The summed E-state index contributed by atoms with van der Waals surface area (Å²) in [6.45, 7) is 2.15. The molecule has 6 rings (SSSR count). The average molecular weight is 614 g/mol. The third kappa shape index (κ3) is 6.32. The lowest BCUT2D eigenvalue weighted by atomic mass is 9.97. The van der Waals surface area contributed by atoms with Crippen molar-refractivity contribution in [3.8, 4) is 11.1 Å². The normalized spacial score (nSPS) is 15.4. The van der Waals surface area contributed by atoms with E-state index in [0.29, 0.717) is 72.8 Å². The van der Waals surface area contributed by atoms with Gasteiger partial charge in [-0.15, -0.1) is 0 Å². The van der Waals surface area contributed by atoms with Crippen LogP contribution in [0.15, 0.2) is 97.1 Å². The molecule has 2 aliphatic rings. The molecule has 45 heavy (non-hydrogen) atoms. The van der Waals surface area contributed by atoms with Crippen molar-refractivity contribution in [3.63, 3.8) is 0 Å². The molecule has 7 nitrogen and oxygen atoms in total. The van der Waals surface area contributed by atoms with E-state index in [4.69, 9.17) is 4.74 Å². The molecule has 0 radical (unpaired) electrons. The van der Waals surface area contributed by atoms with E-state index in [9.17, 15) is 27.6 Å². The largest absolute Gasteiger partial charge is 0.416 e. The van der Waals surface area contributed by atoms with Crippen molar-refractivity contribution < 1.29 is 32.3 Å². The predicted octanol–water partition coefficient (Wildman–Crippen LogP) is 5.91. The Bertz CT molecular complexity index is 1720. The van der Waals surface area contributed by atoms with Crippen LogP contribution < -0.4 is 10.2 Å². The number of rotatable bonds is 6. The van der Waals surface area contributed by atoms with Crippen molar-refractivity contribution in [2.75, 3.05) is 37.7 Å². The highest BCUT2D eigenvalue weighted by Gasteiger charge is 2.32. The zero-order chi connectivity index (χ0) is 31.6. The SMILES string of the molecule is O=C(N[C@H](C(=O)N1CCOCC1)c1ccccc1)c1ccc2c(c1)CCN2C(=O)c1ccccc1-c1ccc(C(F)(F)F)cc1. The second kappa shape index (κ2) is 12.6. The molecule has 1 saturated heterocycles. The number of halogens is 3. The molecule has 1 N–H and O–H groups in total. The third-order valence-electron chi connectivity index (χ3n) is 8.14. The van der Waals surface area contributed by atoms with Crippen LogP contribution >= 0.6 is 0 Å². The first-order chi connectivity index (χ1) is 21.7. The van der Waals surface area contributed by atoms with Crippen molar-refractivity contribution in [1.29, 1.82) is 0 Å². The molecule has 0 unspecified atom stereocenters. The highest BCUT2D eigenvalue weighted by molar-refractivity contribution is 6.11. The van der Waals surface area contributed by atoms with E-state index >= 15 is 0 Å². The highest BCUT2D eigenvalue weighted by Crippen LogP contribution is 2.35. The molecule has 1 fully saturated rings. The molecule has 4 aromatic rings. The first kappa shape index (κ1) is 30.1. The van der Waals surface area contributed by atoms with Gasteiger partial charge in [0.1, 0.15) is 6.04 Å². The fourth-order valence-corrected chi connectivity index (χ4v) is 5.77. The van der Waals surface area contributed by atoms with Crippen LogP contribution in [0.1, 0.15) is 43.4 Å². The van der Waals surface area contributed by atoms with E-state index in [1.807, 2.05) is 18.2 Å². The molecule has 3 amide bonds. The first-order valence-electron chi connectivity index (χ1n) is 14.6. The number of amides is 3. The molecule has 2 aliphatic heterocycles. The van der Waals surface area contributed by atoms with Crippen molar-refractivity contribution in [2.24, 2.45) is 0 Å². The molecule has 2 heterocycles. The molecule has 230 valence electrons. The minimum Gasteiger partial charge on any atom is -0.378 e. The Kier molecular flexibility index (Phi) is 8.40. The summed E-state index contributed by atoms with van der Waals surface area (Å²) in [5.41, 5.74) is 3.12. The molecule has 10 heteroatoms. The van der Waals surface area contributed by atoms with Gasteiger partial charge in [-0.05, 0) is 65.1 Å². The minimum absolute atomic E-state index is 0.206. The van der Waals surface area contributed by atoms with Gasteiger partial charge in [0.2, 0.25) is 5.91 Å². The Morgan fingerprint density at radius 1 is 0.800 bits per heavy atom. The Hall–Kier alpha value is -4.96. The second-order valence-corrected chi connectivity index (χ2v) is 10.9. The molecular formula is C35H30F3N3O4. The van der Waals surface area contributed by atoms with Gasteiger partial charge in [-0.2, -0.15) is 13.2 Å². The van der Waals surface area contributed by atoms with E-state index in [2.05, 4.69) is 5.32 Å². The zero-order valence-electron chi connectivity index (χ0n) is 24.2. The van der Waals surface area contributed by atoms with Gasteiger partial charge in [0.25, 0.3) is 11.8 Å². The van der Waals surface area contributed by atoms with Crippen molar-refractivity contribution >= 4 is 23.4 Å². The number of carbonyl (C=O) groups is 3. The standard InChI is InChI=1S/C35H30F3N3O4/c36-35(37,38)27-13-10-23(11-14-27)28-8-4-5-9-29(28)33(43)41-17-16-25-22-26(12-15-30(25)41)32(42)39-31(24-6-2-1-3-7-24)34(44)40-18-20-45-21-19-40/h1-15,22,31H,16-21H2,(H,39,42)/t31-/m0/s1. The summed E-state index contributed by atoms with van der Waals surface area (Å²) in [5.74, 6) is -0.908. The maximum Gasteiger partial charge on any atom is 0.416 e. The third-order valence-corrected chi connectivity index (χ3v) is 8.14. The number of hydrogen-bond acceptors (Lipinski definition) is 4. The number of ether oxygens (including phenoxy) is 1. The Morgan fingerprint density at radius 2 is 1.49 bits per heavy atom. The van der Waals surface area contributed by atoms with Gasteiger partial charge in [-0.25, -0.2) is 0 Å². The number of nitrogens with one attached hydrogen (secondary N) is 1. The van der Waals surface area contributed by atoms with Crippen LogP contribution in [0.2, 0.25) is 0 Å². The van der Waals surface area contributed by atoms with Gasteiger partial charge in [-0.1, -0.05) is 60.7 Å². The second-order valence-electron chi connectivity index (χ2n) is 10.9. The van der Waals surface area contributed by atoms with Crippen molar-refractivity contribution in [1.82, 2.24) is 10.2 Å². The summed E-state index contributed by atoms with van der Waals surface area (Å²) in [5, 5.41) is 2.91. The smallest absolute Gasteiger partial charge is 0.378 e. The summed E-state index contributed by atoms with van der Waals surface area (Å²) < 4.78 is 44.7. The van der Waals surface area contributed by atoms with Gasteiger partial charge in [-0.3, -0.25) is 14.4 Å². The lowest BCUT2D eigenvalue weighted by molar-refractivity contribution is -0.138. The summed E-state index contributed by atoms with van der Waals surface area (Å²) in [4.78, 5) is 44.0. The minimum atomic E-state index is -4.45. The van der Waals surface area contributed by atoms with Crippen LogP contribution in [-0.4, -0.2) is 55.5 Å². The van der Waals surface area contributed by atoms with Crippen LogP contribution in [0, 0.1) is 0 Å². The molecule has 0 spiro atoms. The Morgan fingerprint density at radius 3 is 2.20 bits per heavy atom. The maximum absolute atomic E-state index is 13.8. The van der Waals surface area contributed by atoms with Crippen LogP contribution in [0.3, 0.4) is 0 Å². The van der Waals surface area contributed by atoms with Gasteiger partial charge < -0.3 is 19.9 Å². The van der Waals surface area contributed by atoms with E-state index in [1.54, 1.807) is 64.4 Å². The quantitative estimate of drug-likeness (QED) is 0.294. The van der Waals surface area contributed by atoms with Crippen LogP contribution in [-0.2, 0) is 22.1 Å². The number of fused-ring (bicyclic) bond motifs is 1. The average Bonchev–Trinajstić information content (AvgIpc) is 3.50. The molecule has 0 bridgehead atoms. The Labute approximate surface area is 258 Å². The summed E-state index contributed by atoms with van der Waals surface area (Å²) in [6, 6.07) is 24.9. The number of morpholine rings is 1. The first-order valence-corrected chi connectivity index (χ1v) is 14.6. The summed E-state index contributed by atoms with van der Waals surface area (Å²) in [6.07, 6.45) is -3.94. The number of hydrogen-bond donors (Lipinski definition) is 1. The molecule has 1 atom stereocenters. The van der Waals surface area contributed by atoms with Crippen LogP contribution in [0.5, 0.6) is 0 Å². The van der Waals surface area contributed by atoms with Crippen LogP contribution in [0.4, 0.5) is 18.9 Å². The van der Waals surface area contributed by atoms with E-state index in [0.717, 1.165) is 17.7 Å². The number of nitrogens with zero attached hydrogens (tertiary/aromatic N) is 2. The topological polar surface area (TPSA) is 79.0 Å². The number of benzene rings is 4. The molecule has 0 saturated carbocycles. The van der Waals surface area contributed by atoms with Gasteiger partial charge >= 0.3 is 6.18 Å². The lowest BCUT2D eigenvalue weighted by Gasteiger charge is -2.31. The van der Waals surface area contributed by atoms with Gasteiger partial charge in [0, 0.05) is 36.4 Å². The summed E-state index contributed by atoms with van der Waals surface area (Å²) in [7, 11) is 0. The van der Waals surface area contributed by atoms with Gasteiger partial charge in [0.15, 0.2) is 0 Å². The molecule has 0 aromatic heterocycles. The molecule has 4 aromatic carbocycles. The number of anilines is 1. The van der Waals surface area contributed by atoms with E-state index in [1.165, 1.54) is 12.1 Å². The lowest BCUT2D eigenvalue weighted by Crippen LogP contribution is -2.47. The van der Waals surface area contributed by atoms with Crippen LogP contribution in [0.25, 0.3) is 11.1 Å². The van der Waals surface area contributed by atoms with E-state index in [-0.39, 0.29) is 11.8 Å². The van der Waals surface area contributed by atoms with Crippen molar-refractivity contribution in [2.45, 2.75) is 18.6 Å². The monoisotopic (exact) mass is 613 g/mol. The predicted molar refractivity (Wildman–Crippen MR) is 163 cm³/mol. The fourth-order valence-electron chi connectivity index (χ4n) is 5.77. The number of alkyl halides is 3. The molecular weight excluding hydrogens is 583 g/mol. The fraction of sp³-hybridized carbons (Fsp3) is 0.229. The van der Waals surface area contributed by atoms with E-state index < -0.39 is 23.7 Å². The van der Waals surface area contributed by atoms with Gasteiger partial charge in [0.05, 0.1) is 18.8 Å². The van der Waals surface area contributed by atoms with Crippen molar-refractivity contribution in [3.05, 3.63) is 125 Å². The molecule has 0 aliphatic carbocycles. The zero-order valence-corrected chi connectivity index (χ0v) is 24.2.